The Bertz CT molecular complexity index is 1080. The van der Waals surface area contributed by atoms with E-state index in [4.69, 9.17) is 16.9 Å². The molecule has 0 aromatic heterocycles. The van der Waals surface area contributed by atoms with Gasteiger partial charge in [0, 0.05) is 11.3 Å². The Labute approximate surface area is 230 Å². The molecule has 0 saturated heterocycles. The average Bonchev–Trinajstić information content (AvgIpc) is 2.73. The third kappa shape index (κ3) is 25.3. The van der Waals surface area contributed by atoms with Gasteiger partial charge in [-0.25, -0.2) is 4.57 Å². The Kier molecular flexibility index (Phi) is 19.0. The van der Waals surface area contributed by atoms with Gasteiger partial charge in [0.2, 0.25) is 5.91 Å². The highest BCUT2D eigenvalue weighted by Crippen LogP contribution is 2.51. The summed E-state index contributed by atoms with van der Waals surface area (Å²) in [5.74, 6) is -0.723. The number of primary amides is 1. The summed E-state index contributed by atoms with van der Waals surface area (Å²) in [6.45, 7) is 6.37. The number of alkyl halides is 1. The maximum absolute atomic E-state index is 12.7. The molecule has 2 aromatic rings. The van der Waals surface area contributed by atoms with Crippen molar-refractivity contribution in [2.45, 2.75) is 45.7 Å². The first kappa shape index (κ1) is 37.0. The lowest BCUT2D eigenvalue weighted by atomic mass is 10.2. The molecule has 0 atom stereocenters. The molecule has 0 bridgehead atoms. The largest absolute Gasteiger partial charge is 0.513 e. The molecule has 2 rings (SSSR count). The van der Waals surface area contributed by atoms with Gasteiger partial charge in [-0.15, -0.1) is 8.08 Å². The first-order valence-electron chi connectivity index (χ1n) is 10.6. The van der Waals surface area contributed by atoms with Gasteiger partial charge in [-0.3, -0.25) is 19.3 Å². The first-order chi connectivity index (χ1) is 16.9. The minimum absolute atomic E-state index is 0.0694. The molecule has 0 fully saturated rings. The first-order valence-corrected chi connectivity index (χ1v) is 15.1. The minimum atomic E-state index is -4.38. The number of carbonyl (C=O) groups is 1. The number of nitrogens with one attached hydrogen (secondary N) is 1. The lowest BCUT2D eigenvalue weighted by Gasteiger charge is -2.14. The van der Waals surface area contributed by atoms with Crippen molar-refractivity contribution in [1.82, 2.24) is 0 Å². The highest BCUT2D eigenvalue weighted by Gasteiger charge is 2.26. The zero-order valence-electron chi connectivity index (χ0n) is 20.9. The van der Waals surface area contributed by atoms with Gasteiger partial charge in [-0.2, -0.15) is 8.42 Å². The second kappa shape index (κ2) is 19.0. The van der Waals surface area contributed by atoms with Crippen molar-refractivity contribution in [3.8, 4) is 0 Å². The van der Waals surface area contributed by atoms with Crippen LogP contribution in [0, 0.1) is 5.41 Å². The van der Waals surface area contributed by atoms with Crippen molar-refractivity contribution >= 4 is 58.2 Å². The number of nitrogens with two attached hydrogens (primary N) is 3. The molecule has 0 unspecified atom stereocenters. The SMILES string of the molecule is CC(C)OP(=O)(F)OC(C)C.N=C(N)c1ccc(N)cc1.NC(=O)CI.O=S(=O)(F)Cc1ccccc1. The third-order valence-electron chi connectivity index (χ3n) is 3.21. The number of amides is 1. The van der Waals surface area contributed by atoms with Crippen molar-refractivity contribution < 1.29 is 34.9 Å². The van der Waals surface area contributed by atoms with E-state index in [1.807, 2.05) is 22.6 Å². The van der Waals surface area contributed by atoms with Crippen molar-refractivity contribution in [1.29, 1.82) is 5.41 Å². The van der Waals surface area contributed by atoms with Crippen molar-refractivity contribution in [2.75, 3.05) is 10.2 Å². The van der Waals surface area contributed by atoms with E-state index in [1.165, 1.54) is 0 Å². The van der Waals surface area contributed by atoms with Crippen LogP contribution in [0.15, 0.2) is 54.6 Å². The fraction of sp³-hybridized carbons (Fsp3) is 0.364. The predicted molar refractivity (Wildman–Crippen MR) is 151 cm³/mol. The Balaban J connectivity index is 0. The fourth-order valence-corrected chi connectivity index (χ4v) is 3.61. The lowest BCUT2D eigenvalue weighted by Crippen LogP contribution is -2.10. The molecule has 10 nitrogen and oxygen atoms in total. The Morgan fingerprint density at radius 2 is 1.41 bits per heavy atom. The van der Waals surface area contributed by atoms with Crippen LogP contribution in [0.4, 0.5) is 13.8 Å². The Hall–Kier alpha value is -2.13. The Morgan fingerprint density at radius 3 is 1.70 bits per heavy atom. The molecular formula is C22H34F2IN4O6PS. The van der Waals surface area contributed by atoms with Gasteiger partial charge in [0.15, 0.2) is 0 Å². The van der Waals surface area contributed by atoms with E-state index in [1.54, 1.807) is 82.3 Å². The van der Waals surface area contributed by atoms with Crippen molar-refractivity contribution in [2.24, 2.45) is 11.5 Å². The highest BCUT2D eigenvalue weighted by molar-refractivity contribution is 14.1. The molecule has 0 spiro atoms. The summed E-state index contributed by atoms with van der Waals surface area (Å²) < 4.78 is 65.0. The van der Waals surface area contributed by atoms with Gasteiger partial charge in [0.25, 0.3) is 0 Å². The number of hydrogen-bond acceptors (Lipinski definition) is 8. The summed E-state index contributed by atoms with van der Waals surface area (Å²) in [6.07, 6.45) is -0.853. The van der Waals surface area contributed by atoms with E-state index in [0.29, 0.717) is 21.2 Å². The van der Waals surface area contributed by atoms with E-state index >= 15 is 0 Å². The van der Waals surface area contributed by atoms with Crippen molar-refractivity contribution in [3.05, 3.63) is 65.7 Å². The van der Waals surface area contributed by atoms with Gasteiger partial charge < -0.3 is 17.2 Å². The highest BCUT2D eigenvalue weighted by atomic mass is 127. The molecular weight excluding hydrogens is 644 g/mol. The third-order valence-corrected chi connectivity index (χ3v) is 5.99. The summed E-state index contributed by atoms with van der Waals surface area (Å²) in [6, 6.07) is 15.1. The predicted octanol–water partition coefficient (Wildman–Crippen LogP) is 4.86. The number of benzene rings is 2. The zero-order chi connectivity index (χ0) is 29.2. The smallest absolute Gasteiger partial charge is 0.399 e. The Morgan fingerprint density at radius 1 is 1.00 bits per heavy atom. The van der Waals surface area contributed by atoms with Crippen LogP contribution in [0.2, 0.25) is 0 Å². The molecule has 0 radical (unpaired) electrons. The van der Waals surface area contributed by atoms with E-state index in [0.717, 1.165) is 0 Å². The number of anilines is 1. The second-order valence-electron chi connectivity index (χ2n) is 7.54. The molecule has 7 N–H and O–H groups in total. The van der Waals surface area contributed by atoms with Gasteiger partial charge >= 0.3 is 18.1 Å². The average molecular weight is 678 g/mol. The molecule has 2 aromatic carbocycles. The van der Waals surface area contributed by atoms with Crippen LogP contribution in [0.3, 0.4) is 0 Å². The van der Waals surface area contributed by atoms with Gasteiger partial charge in [0.05, 0.1) is 16.6 Å². The molecule has 210 valence electrons. The zero-order valence-corrected chi connectivity index (χ0v) is 24.8. The topological polar surface area (TPSA) is 189 Å². The molecule has 15 heteroatoms. The fourth-order valence-electron chi connectivity index (χ4n) is 1.96. The van der Waals surface area contributed by atoms with Crippen LogP contribution >= 0.6 is 30.5 Å². The van der Waals surface area contributed by atoms with Gasteiger partial charge in [-0.1, -0.05) is 52.9 Å². The van der Waals surface area contributed by atoms with E-state index in [-0.39, 0.29) is 11.7 Å². The van der Waals surface area contributed by atoms with E-state index < -0.39 is 36.1 Å². The van der Waals surface area contributed by atoms with Crippen LogP contribution in [0.5, 0.6) is 0 Å². The molecule has 0 aliphatic rings. The van der Waals surface area contributed by atoms with Gasteiger partial charge in [-0.05, 0) is 57.5 Å². The van der Waals surface area contributed by atoms with Gasteiger partial charge in [0.1, 0.15) is 11.6 Å². The van der Waals surface area contributed by atoms with Crippen LogP contribution < -0.4 is 17.2 Å². The van der Waals surface area contributed by atoms with Crippen LogP contribution in [-0.4, -0.2) is 36.8 Å². The monoisotopic (exact) mass is 678 g/mol. The molecule has 1 amide bonds. The number of amidine groups is 1. The summed E-state index contributed by atoms with van der Waals surface area (Å²) in [5.41, 5.74) is 17.1. The number of carbonyl (C=O) groups excluding carboxylic acids is 1. The number of halogens is 3. The maximum atomic E-state index is 12.7. The number of hydrogen-bond donors (Lipinski definition) is 4. The van der Waals surface area contributed by atoms with Crippen molar-refractivity contribution in [3.63, 3.8) is 0 Å². The molecule has 0 aliphatic carbocycles. The number of rotatable bonds is 8. The van der Waals surface area contributed by atoms with E-state index in [2.05, 4.69) is 14.8 Å². The molecule has 0 saturated carbocycles. The maximum Gasteiger partial charge on any atom is 0.513 e. The van der Waals surface area contributed by atoms with Crippen LogP contribution in [-0.2, 0) is 34.4 Å². The summed E-state index contributed by atoms with van der Waals surface area (Å²) >= 11 is 1.90. The second-order valence-corrected chi connectivity index (χ2v) is 11.0. The molecule has 0 heterocycles. The van der Waals surface area contributed by atoms with E-state index in [9.17, 15) is 25.9 Å². The summed E-state index contributed by atoms with van der Waals surface area (Å²) in [4.78, 5) is 9.58. The minimum Gasteiger partial charge on any atom is -0.399 e. The van der Waals surface area contributed by atoms with Crippen LogP contribution in [0.25, 0.3) is 0 Å². The molecule has 37 heavy (non-hydrogen) atoms. The van der Waals surface area contributed by atoms with Crippen LogP contribution in [0.1, 0.15) is 38.8 Å². The number of nitrogen functional groups attached to an aromatic ring is 2. The quantitative estimate of drug-likeness (QED) is 0.0579. The summed E-state index contributed by atoms with van der Waals surface area (Å²) in [7, 11) is -8.68. The normalized spacial score (nSPS) is 10.7. The standard InChI is InChI=1S/C7H7FO2S.C7H9N3.C6H14FO3P.C2H4INO/c8-11(9,10)6-7-4-2-1-3-5-7;8-6-3-1-5(2-4-6)7(9)10;1-5(2)9-11(7,8)10-6(3)4;3-1-2(4)5/h1-5H,6H2;1-4H,8H2,(H3,9,10);5-6H,1-4H3;1H2,(H2,4,5). The lowest BCUT2D eigenvalue weighted by molar-refractivity contribution is -0.115. The molecule has 0 aliphatic heterocycles. The summed E-state index contributed by atoms with van der Waals surface area (Å²) in [5, 5.41) is 7.04.